The molecule has 1 aromatic heterocycles. The first kappa shape index (κ1) is 19.5. The van der Waals surface area contributed by atoms with Gasteiger partial charge >= 0.3 is 6.55 Å². The maximum absolute atomic E-state index is 13.4. The summed E-state index contributed by atoms with van der Waals surface area (Å²) in [6.07, 6.45) is -0.486. The van der Waals surface area contributed by atoms with Gasteiger partial charge in [0.25, 0.3) is 5.91 Å². The van der Waals surface area contributed by atoms with E-state index in [9.17, 15) is 13.6 Å². The van der Waals surface area contributed by atoms with Crippen molar-refractivity contribution in [1.29, 1.82) is 0 Å². The lowest BCUT2D eigenvalue weighted by Crippen LogP contribution is -2.51. The van der Waals surface area contributed by atoms with Gasteiger partial charge < -0.3 is 9.64 Å². The molecule has 2 aromatic rings. The summed E-state index contributed by atoms with van der Waals surface area (Å²) in [5.74, 6) is -0.387. The zero-order valence-electron chi connectivity index (χ0n) is 16.2. The number of carbonyl (C=O) groups excluding carboxylic acids is 1. The normalized spacial score (nSPS) is 20.9. The van der Waals surface area contributed by atoms with Crippen LogP contribution < -0.4 is 0 Å². The molecule has 6 heteroatoms. The molecule has 1 saturated heterocycles. The first-order chi connectivity index (χ1) is 12.7. The standard InChI is InChI=1S/C21H26F2N2O2/c1-14-10-11-16(25(14)20(22)23)19(26)24-12-17(15-8-6-5-7-9-15)27-18(13-24)21(2,3)4/h5-11,17-18,20H,12-13H2,1-4H3/t17-,18+/m0/s1. The van der Waals surface area contributed by atoms with Crippen molar-refractivity contribution >= 4 is 5.91 Å². The van der Waals surface area contributed by atoms with Crippen LogP contribution in [0.1, 0.15) is 55.2 Å². The van der Waals surface area contributed by atoms with Gasteiger partial charge in [-0.1, -0.05) is 51.1 Å². The molecule has 2 heterocycles. The highest BCUT2D eigenvalue weighted by Crippen LogP contribution is 2.34. The van der Waals surface area contributed by atoms with E-state index in [4.69, 9.17) is 4.74 Å². The molecule has 3 rings (SSSR count). The van der Waals surface area contributed by atoms with E-state index in [1.807, 2.05) is 30.3 Å². The highest BCUT2D eigenvalue weighted by Gasteiger charge is 2.38. The number of amides is 1. The van der Waals surface area contributed by atoms with Gasteiger partial charge in [-0.2, -0.15) is 8.78 Å². The highest BCUT2D eigenvalue weighted by molar-refractivity contribution is 5.93. The first-order valence-corrected chi connectivity index (χ1v) is 9.14. The molecule has 1 aliphatic rings. The molecular weight excluding hydrogens is 350 g/mol. The Morgan fingerprint density at radius 2 is 1.78 bits per heavy atom. The predicted octanol–water partition coefficient (Wildman–Crippen LogP) is 4.82. The molecule has 1 aliphatic heterocycles. The number of nitrogens with zero attached hydrogens (tertiary/aromatic N) is 2. The van der Waals surface area contributed by atoms with E-state index >= 15 is 0 Å². The Labute approximate surface area is 158 Å². The van der Waals surface area contributed by atoms with Crippen LogP contribution in [0.25, 0.3) is 0 Å². The maximum Gasteiger partial charge on any atom is 0.319 e. The van der Waals surface area contributed by atoms with Gasteiger partial charge in [-0.15, -0.1) is 0 Å². The number of hydrogen-bond acceptors (Lipinski definition) is 2. The average molecular weight is 376 g/mol. The first-order valence-electron chi connectivity index (χ1n) is 9.14. The third-order valence-corrected chi connectivity index (χ3v) is 5.06. The number of hydrogen-bond donors (Lipinski definition) is 0. The molecule has 0 unspecified atom stereocenters. The summed E-state index contributed by atoms with van der Waals surface area (Å²) in [5.41, 5.74) is 1.18. The van der Waals surface area contributed by atoms with E-state index in [1.54, 1.807) is 17.9 Å². The van der Waals surface area contributed by atoms with Crippen LogP contribution in [0.4, 0.5) is 8.78 Å². The molecule has 1 aromatic carbocycles. The molecule has 0 radical (unpaired) electrons. The van der Waals surface area contributed by atoms with Crippen molar-refractivity contribution in [3.05, 3.63) is 59.4 Å². The third-order valence-electron chi connectivity index (χ3n) is 5.06. The van der Waals surface area contributed by atoms with Gasteiger partial charge in [0, 0.05) is 12.2 Å². The van der Waals surface area contributed by atoms with Crippen molar-refractivity contribution in [1.82, 2.24) is 9.47 Å². The van der Waals surface area contributed by atoms with E-state index < -0.39 is 6.55 Å². The predicted molar refractivity (Wildman–Crippen MR) is 99.8 cm³/mol. The SMILES string of the molecule is Cc1ccc(C(=O)N2C[C@@H](c3ccccc3)O[C@@H](C(C)(C)C)C2)n1C(F)F. The van der Waals surface area contributed by atoms with E-state index in [0.717, 1.165) is 10.1 Å². The number of aryl methyl sites for hydroxylation is 1. The summed E-state index contributed by atoms with van der Waals surface area (Å²) in [4.78, 5) is 14.7. The molecule has 1 amide bonds. The van der Waals surface area contributed by atoms with Crippen LogP contribution in [-0.4, -0.2) is 34.6 Å². The smallest absolute Gasteiger partial charge is 0.319 e. The average Bonchev–Trinajstić information content (AvgIpc) is 3.02. The zero-order valence-corrected chi connectivity index (χ0v) is 16.2. The largest absolute Gasteiger partial charge is 0.366 e. The van der Waals surface area contributed by atoms with Crippen molar-refractivity contribution in [2.45, 2.75) is 46.5 Å². The molecule has 4 nitrogen and oxygen atoms in total. The lowest BCUT2D eigenvalue weighted by atomic mass is 9.87. The van der Waals surface area contributed by atoms with Crippen LogP contribution in [0.3, 0.4) is 0 Å². The van der Waals surface area contributed by atoms with Crippen LogP contribution in [0, 0.1) is 12.3 Å². The molecule has 146 valence electrons. The Morgan fingerprint density at radius 1 is 1.11 bits per heavy atom. The van der Waals surface area contributed by atoms with Crippen LogP contribution in [0.2, 0.25) is 0 Å². The second kappa shape index (κ2) is 7.43. The lowest BCUT2D eigenvalue weighted by Gasteiger charge is -2.43. The Hall–Kier alpha value is -2.21. The van der Waals surface area contributed by atoms with E-state index in [1.165, 1.54) is 6.07 Å². The lowest BCUT2D eigenvalue weighted by molar-refractivity contribution is -0.119. The number of carbonyl (C=O) groups is 1. The minimum atomic E-state index is -2.75. The second-order valence-electron chi connectivity index (χ2n) is 8.11. The number of benzene rings is 1. The minimum absolute atomic E-state index is 0.0175. The van der Waals surface area contributed by atoms with Gasteiger partial charge in [0.15, 0.2) is 0 Å². The molecule has 0 N–H and O–H groups in total. The third kappa shape index (κ3) is 4.05. The van der Waals surface area contributed by atoms with E-state index in [2.05, 4.69) is 20.8 Å². The number of halogens is 2. The molecule has 0 spiro atoms. The number of morpholine rings is 1. The summed E-state index contributed by atoms with van der Waals surface area (Å²) in [6.45, 7) is 5.71. The maximum atomic E-state index is 13.4. The van der Waals surface area contributed by atoms with Crippen molar-refractivity contribution in [3.63, 3.8) is 0 Å². The number of ether oxygens (including phenoxy) is 1. The fourth-order valence-corrected chi connectivity index (χ4v) is 3.40. The van der Waals surface area contributed by atoms with Crippen LogP contribution >= 0.6 is 0 Å². The summed E-state index contributed by atoms with van der Waals surface area (Å²) < 4.78 is 33.9. The summed E-state index contributed by atoms with van der Waals surface area (Å²) in [6, 6.07) is 12.7. The topological polar surface area (TPSA) is 34.5 Å². The summed E-state index contributed by atoms with van der Waals surface area (Å²) >= 11 is 0. The van der Waals surface area contributed by atoms with Gasteiger partial charge in [0.2, 0.25) is 0 Å². The Balaban J connectivity index is 1.92. The second-order valence-corrected chi connectivity index (χ2v) is 8.11. The summed E-state index contributed by atoms with van der Waals surface area (Å²) in [7, 11) is 0. The minimum Gasteiger partial charge on any atom is -0.366 e. The Bertz CT molecular complexity index is 796. The van der Waals surface area contributed by atoms with E-state index in [-0.39, 0.29) is 29.2 Å². The van der Waals surface area contributed by atoms with Crippen molar-refractivity contribution < 1.29 is 18.3 Å². The summed E-state index contributed by atoms with van der Waals surface area (Å²) in [5, 5.41) is 0. The van der Waals surface area contributed by atoms with Crippen molar-refractivity contribution in [2.75, 3.05) is 13.1 Å². The van der Waals surface area contributed by atoms with Gasteiger partial charge in [-0.3, -0.25) is 9.36 Å². The van der Waals surface area contributed by atoms with Crippen LogP contribution in [0.15, 0.2) is 42.5 Å². The van der Waals surface area contributed by atoms with Gasteiger partial charge in [0.1, 0.15) is 11.8 Å². The van der Waals surface area contributed by atoms with Gasteiger partial charge in [0.05, 0.1) is 12.6 Å². The highest BCUT2D eigenvalue weighted by atomic mass is 19.3. The Morgan fingerprint density at radius 3 is 2.37 bits per heavy atom. The van der Waals surface area contributed by atoms with Gasteiger partial charge in [-0.25, -0.2) is 0 Å². The van der Waals surface area contributed by atoms with Crippen LogP contribution in [0.5, 0.6) is 0 Å². The fourth-order valence-electron chi connectivity index (χ4n) is 3.40. The Kier molecular flexibility index (Phi) is 5.38. The molecule has 0 bridgehead atoms. The molecule has 27 heavy (non-hydrogen) atoms. The molecule has 0 saturated carbocycles. The number of alkyl halides is 2. The number of aromatic nitrogens is 1. The monoisotopic (exact) mass is 376 g/mol. The quantitative estimate of drug-likeness (QED) is 0.770. The molecule has 2 atom stereocenters. The van der Waals surface area contributed by atoms with Crippen molar-refractivity contribution in [2.24, 2.45) is 5.41 Å². The van der Waals surface area contributed by atoms with Gasteiger partial charge in [-0.05, 0) is 30.0 Å². The molecule has 1 fully saturated rings. The fraction of sp³-hybridized carbons (Fsp3) is 0.476. The van der Waals surface area contributed by atoms with E-state index in [0.29, 0.717) is 18.8 Å². The molecule has 0 aliphatic carbocycles. The molecular formula is C21H26F2N2O2. The van der Waals surface area contributed by atoms with Crippen LogP contribution in [-0.2, 0) is 4.74 Å². The number of rotatable bonds is 3. The van der Waals surface area contributed by atoms with Crippen molar-refractivity contribution in [3.8, 4) is 0 Å². The zero-order chi connectivity index (χ0) is 19.8.